The van der Waals surface area contributed by atoms with Gasteiger partial charge in [0.05, 0.1) is 18.3 Å². The van der Waals surface area contributed by atoms with Crippen LogP contribution in [-0.2, 0) is 0 Å². The Hall–Kier alpha value is 0.350. The van der Waals surface area contributed by atoms with Crippen LogP contribution < -0.4 is 0 Å². The normalized spacial score (nSPS) is 58.9. The summed E-state index contributed by atoms with van der Waals surface area (Å²) < 4.78 is 0.312. The number of hydrogen-bond donors (Lipinski definition) is 3. The van der Waals surface area contributed by atoms with E-state index in [2.05, 4.69) is 36.4 Å². The molecule has 0 heterocycles. The van der Waals surface area contributed by atoms with E-state index in [-0.39, 0.29) is 29.1 Å². The molecule has 0 aliphatic heterocycles. The highest BCUT2D eigenvalue weighted by Crippen LogP contribution is 2.66. The van der Waals surface area contributed by atoms with Gasteiger partial charge in [-0.05, 0) is 67.1 Å². The zero-order valence-corrected chi connectivity index (χ0v) is 16.2. The number of aliphatic hydroxyl groups excluding tert-OH is 3. The smallest absolute Gasteiger partial charge is 0.0724 e. The van der Waals surface area contributed by atoms with Gasteiger partial charge in [-0.25, -0.2) is 0 Å². The van der Waals surface area contributed by atoms with Crippen LogP contribution in [0.15, 0.2) is 11.6 Å². The second kappa shape index (κ2) is 5.42. The molecule has 0 bridgehead atoms. The molecule has 0 saturated heterocycles. The molecular weight excluding hydrogens is 403 g/mol. The van der Waals surface area contributed by atoms with Gasteiger partial charge in [-0.3, -0.25) is 0 Å². The van der Waals surface area contributed by atoms with E-state index < -0.39 is 0 Å². The molecule has 0 radical (unpaired) electrons. The fraction of sp³-hybridized carbons (Fsp3) is 0.895. The molecule has 0 unspecified atom stereocenters. The van der Waals surface area contributed by atoms with Crippen molar-refractivity contribution in [2.24, 2.45) is 28.6 Å². The van der Waals surface area contributed by atoms with E-state index in [1.165, 1.54) is 5.57 Å². The predicted octanol–water partition coefficient (Wildman–Crippen LogP) is 3.06. The molecule has 3 fully saturated rings. The largest absolute Gasteiger partial charge is 0.392 e. The average molecular weight is 432 g/mol. The monoisotopic (exact) mass is 432 g/mol. The van der Waals surface area contributed by atoms with E-state index in [1.807, 2.05) is 6.08 Å². The Balaban J connectivity index is 1.73. The predicted molar refractivity (Wildman–Crippen MR) is 98.3 cm³/mol. The summed E-state index contributed by atoms with van der Waals surface area (Å²) in [6.45, 7) is 4.62. The maximum absolute atomic E-state index is 11.0. The molecule has 23 heavy (non-hydrogen) atoms. The molecule has 0 aromatic rings. The molecule has 4 rings (SSSR count). The van der Waals surface area contributed by atoms with Crippen molar-refractivity contribution in [1.82, 2.24) is 0 Å². The standard InChI is InChI=1S/C19H29IO3/c1-18-5-3-11(21)7-10(18)8-15(22)16-12(18)4-6-19(2)13(16)9-14(20)17(19)23/h7,11-17,21-23H,3-6,8-9H2,1-2H3/t11-,12-,13-,14+,15-,16+,17-,18-,19-/m0/s1. The SMILES string of the molecule is C[C@]12CC[C@H]3[C@@H]([C@@H](O)CC4=C[C@@H](O)CC[C@@]43C)[C@@H]1C[C@@H](I)[C@@H]2O. The lowest BCUT2D eigenvalue weighted by Crippen LogP contribution is -2.56. The van der Waals surface area contributed by atoms with Gasteiger partial charge in [-0.1, -0.05) is 48.1 Å². The van der Waals surface area contributed by atoms with Crippen LogP contribution in [0.5, 0.6) is 0 Å². The molecule has 3 N–H and O–H groups in total. The van der Waals surface area contributed by atoms with E-state index in [9.17, 15) is 15.3 Å². The van der Waals surface area contributed by atoms with Crippen LogP contribution in [0.2, 0.25) is 0 Å². The van der Waals surface area contributed by atoms with Crippen LogP contribution in [0.25, 0.3) is 0 Å². The third-order valence-electron chi connectivity index (χ3n) is 8.05. The highest BCUT2D eigenvalue weighted by Gasteiger charge is 2.62. The second-order valence-electron chi connectivity index (χ2n) is 9.02. The zero-order chi connectivity index (χ0) is 16.6. The fourth-order valence-electron chi connectivity index (χ4n) is 6.62. The summed E-state index contributed by atoms with van der Waals surface area (Å²) in [6.07, 6.45) is 6.94. The van der Waals surface area contributed by atoms with Crippen molar-refractivity contribution >= 4 is 22.6 Å². The Morgan fingerprint density at radius 3 is 2.57 bits per heavy atom. The Labute approximate surface area is 152 Å². The van der Waals surface area contributed by atoms with E-state index >= 15 is 0 Å². The minimum Gasteiger partial charge on any atom is -0.392 e. The third-order valence-corrected chi connectivity index (χ3v) is 9.24. The van der Waals surface area contributed by atoms with Gasteiger partial charge in [0.1, 0.15) is 0 Å². The lowest BCUT2D eigenvalue weighted by Gasteiger charge is -2.59. The van der Waals surface area contributed by atoms with Gasteiger partial charge >= 0.3 is 0 Å². The van der Waals surface area contributed by atoms with Crippen LogP contribution >= 0.6 is 22.6 Å². The van der Waals surface area contributed by atoms with E-state index in [4.69, 9.17) is 0 Å². The summed E-state index contributed by atoms with van der Waals surface area (Å²) >= 11 is 2.41. The van der Waals surface area contributed by atoms with E-state index in [1.54, 1.807) is 0 Å². The number of fused-ring (bicyclic) bond motifs is 5. The van der Waals surface area contributed by atoms with Gasteiger partial charge in [0.2, 0.25) is 0 Å². The number of hydrogen-bond acceptors (Lipinski definition) is 3. The molecule has 9 atom stereocenters. The first-order chi connectivity index (χ1) is 10.8. The molecular formula is C19H29IO3. The second-order valence-corrected chi connectivity index (χ2v) is 10.6. The third kappa shape index (κ3) is 2.24. The highest BCUT2D eigenvalue weighted by molar-refractivity contribution is 14.1. The fourth-order valence-corrected chi connectivity index (χ4v) is 7.99. The van der Waals surface area contributed by atoms with Gasteiger partial charge in [0, 0.05) is 3.92 Å². The Kier molecular flexibility index (Phi) is 3.96. The molecule has 3 saturated carbocycles. The summed E-state index contributed by atoms with van der Waals surface area (Å²) in [6, 6.07) is 0. The molecule has 0 spiro atoms. The lowest BCUT2D eigenvalue weighted by atomic mass is 9.46. The summed E-state index contributed by atoms with van der Waals surface area (Å²) in [5.74, 6) is 1.23. The number of alkyl halides is 1. The van der Waals surface area contributed by atoms with Crippen molar-refractivity contribution in [2.75, 3.05) is 0 Å². The zero-order valence-electron chi connectivity index (χ0n) is 14.1. The molecule has 4 aliphatic rings. The molecule has 4 heteroatoms. The van der Waals surface area contributed by atoms with Gasteiger partial charge in [-0.2, -0.15) is 0 Å². The maximum atomic E-state index is 11.0. The summed E-state index contributed by atoms with van der Waals surface area (Å²) in [5, 5.41) is 31.7. The Morgan fingerprint density at radius 2 is 1.83 bits per heavy atom. The van der Waals surface area contributed by atoms with Crippen LogP contribution in [0, 0.1) is 28.6 Å². The van der Waals surface area contributed by atoms with Crippen molar-refractivity contribution in [3.05, 3.63) is 11.6 Å². The van der Waals surface area contributed by atoms with Crippen LogP contribution in [0.1, 0.15) is 52.4 Å². The summed E-state index contributed by atoms with van der Waals surface area (Å²) in [4.78, 5) is 0. The molecule has 130 valence electrons. The lowest BCUT2D eigenvalue weighted by molar-refractivity contribution is -0.121. The van der Waals surface area contributed by atoms with Crippen molar-refractivity contribution in [3.8, 4) is 0 Å². The number of halogens is 1. The molecule has 0 amide bonds. The first-order valence-corrected chi connectivity index (χ1v) is 10.4. The van der Waals surface area contributed by atoms with Gasteiger partial charge in [-0.15, -0.1) is 0 Å². The molecule has 4 aliphatic carbocycles. The number of rotatable bonds is 0. The first kappa shape index (κ1) is 16.8. The summed E-state index contributed by atoms with van der Waals surface area (Å²) in [7, 11) is 0. The Morgan fingerprint density at radius 1 is 1.09 bits per heavy atom. The Bertz CT molecular complexity index is 535. The average Bonchev–Trinajstić information content (AvgIpc) is 2.73. The van der Waals surface area contributed by atoms with Crippen LogP contribution in [-0.4, -0.2) is 37.6 Å². The maximum Gasteiger partial charge on any atom is 0.0724 e. The van der Waals surface area contributed by atoms with Gasteiger partial charge < -0.3 is 15.3 Å². The molecule has 0 aromatic carbocycles. The number of aliphatic hydroxyl groups is 3. The van der Waals surface area contributed by atoms with Crippen molar-refractivity contribution < 1.29 is 15.3 Å². The minimum atomic E-state index is -0.331. The van der Waals surface area contributed by atoms with E-state index in [0.29, 0.717) is 28.1 Å². The van der Waals surface area contributed by atoms with Crippen molar-refractivity contribution in [3.63, 3.8) is 0 Å². The van der Waals surface area contributed by atoms with Crippen molar-refractivity contribution in [1.29, 1.82) is 0 Å². The van der Waals surface area contributed by atoms with Gasteiger partial charge in [0.15, 0.2) is 0 Å². The first-order valence-electron chi connectivity index (χ1n) is 9.17. The topological polar surface area (TPSA) is 60.7 Å². The van der Waals surface area contributed by atoms with Crippen LogP contribution in [0.4, 0.5) is 0 Å². The van der Waals surface area contributed by atoms with Crippen LogP contribution in [0.3, 0.4) is 0 Å². The summed E-state index contributed by atoms with van der Waals surface area (Å²) in [5.41, 5.74) is 1.40. The highest BCUT2D eigenvalue weighted by atomic mass is 127. The molecule has 0 aromatic heterocycles. The van der Waals surface area contributed by atoms with E-state index in [0.717, 1.165) is 32.1 Å². The minimum absolute atomic E-state index is 0.0280. The van der Waals surface area contributed by atoms with Crippen molar-refractivity contribution in [2.45, 2.75) is 74.6 Å². The quantitative estimate of drug-likeness (QED) is 0.313. The van der Waals surface area contributed by atoms with Gasteiger partial charge in [0.25, 0.3) is 0 Å². The molecule has 3 nitrogen and oxygen atoms in total.